The molecule has 1 aliphatic heterocycles. The highest BCUT2D eigenvalue weighted by atomic mass is 16.6. The van der Waals surface area contributed by atoms with Gasteiger partial charge in [0.05, 0.1) is 19.9 Å². The van der Waals surface area contributed by atoms with Crippen LogP contribution in [0.15, 0.2) is 54.7 Å². The Hall–Kier alpha value is -4.01. The van der Waals surface area contributed by atoms with E-state index in [0.717, 1.165) is 11.3 Å². The van der Waals surface area contributed by atoms with Crippen LogP contribution in [-0.2, 0) is 4.74 Å². The van der Waals surface area contributed by atoms with Crippen LogP contribution in [0.2, 0.25) is 0 Å². The number of benzene rings is 2. The molecular formula is C27H32N4O5. The predicted octanol–water partition coefficient (Wildman–Crippen LogP) is 4.25. The average molecular weight is 493 g/mol. The lowest BCUT2D eigenvalue weighted by molar-refractivity contribution is 0.0140. The van der Waals surface area contributed by atoms with E-state index in [9.17, 15) is 9.59 Å². The first-order valence-corrected chi connectivity index (χ1v) is 11.8. The highest BCUT2D eigenvalue weighted by Crippen LogP contribution is 2.34. The number of carbonyl (C=O) groups excluding carboxylic acids is 2. The first-order valence-electron chi connectivity index (χ1n) is 11.8. The van der Waals surface area contributed by atoms with Crippen LogP contribution < -0.4 is 9.47 Å². The third-order valence-electron chi connectivity index (χ3n) is 5.85. The second-order valence-corrected chi connectivity index (χ2v) is 9.50. The fourth-order valence-corrected chi connectivity index (χ4v) is 4.03. The van der Waals surface area contributed by atoms with E-state index in [2.05, 4.69) is 5.10 Å². The second kappa shape index (κ2) is 10.3. The van der Waals surface area contributed by atoms with Crippen molar-refractivity contribution < 1.29 is 23.8 Å². The van der Waals surface area contributed by atoms with Gasteiger partial charge in [-0.25, -0.2) is 9.48 Å². The molecule has 1 fully saturated rings. The van der Waals surface area contributed by atoms with E-state index >= 15 is 0 Å². The molecule has 0 saturated carbocycles. The van der Waals surface area contributed by atoms with E-state index in [0.29, 0.717) is 48.9 Å². The maximum Gasteiger partial charge on any atom is 0.410 e. The van der Waals surface area contributed by atoms with Gasteiger partial charge in [-0.3, -0.25) is 4.79 Å². The van der Waals surface area contributed by atoms with Crippen LogP contribution in [0.3, 0.4) is 0 Å². The molecular weight excluding hydrogens is 460 g/mol. The second-order valence-electron chi connectivity index (χ2n) is 9.50. The Morgan fingerprint density at radius 3 is 2.11 bits per heavy atom. The van der Waals surface area contributed by atoms with E-state index in [4.69, 9.17) is 14.2 Å². The number of amides is 2. The Morgan fingerprint density at radius 1 is 0.861 bits per heavy atom. The van der Waals surface area contributed by atoms with Gasteiger partial charge in [0, 0.05) is 37.9 Å². The lowest BCUT2D eigenvalue weighted by Crippen LogP contribution is -2.51. The SMILES string of the molecule is COc1ccc(-c2cn(-c3ccccc3)nc2C(=O)N2CCN(C(=O)OC(C)(C)C)CC2)cc1OC. The average Bonchev–Trinajstić information content (AvgIpc) is 3.33. The lowest BCUT2D eigenvalue weighted by atomic mass is 10.0. The Labute approximate surface area is 211 Å². The van der Waals surface area contributed by atoms with E-state index < -0.39 is 5.60 Å². The number of hydrogen-bond donors (Lipinski definition) is 0. The van der Waals surface area contributed by atoms with Crippen LogP contribution in [0.5, 0.6) is 11.5 Å². The molecule has 0 bridgehead atoms. The smallest absolute Gasteiger partial charge is 0.410 e. The molecule has 1 aliphatic rings. The van der Waals surface area contributed by atoms with Crippen molar-refractivity contribution in [1.82, 2.24) is 19.6 Å². The van der Waals surface area contributed by atoms with Crippen LogP contribution in [0.25, 0.3) is 16.8 Å². The number of piperazine rings is 1. The van der Waals surface area contributed by atoms with Gasteiger partial charge in [0.25, 0.3) is 5.91 Å². The third-order valence-corrected chi connectivity index (χ3v) is 5.85. The van der Waals surface area contributed by atoms with E-state index in [1.54, 1.807) is 28.7 Å². The molecule has 0 atom stereocenters. The Balaban J connectivity index is 1.63. The Morgan fingerprint density at radius 2 is 1.50 bits per heavy atom. The zero-order valence-corrected chi connectivity index (χ0v) is 21.4. The minimum Gasteiger partial charge on any atom is -0.493 e. The number of aromatic nitrogens is 2. The summed E-state index contributed by atoms with van der Waals surface area (Å²) in [7, 11) is 3.15. The van der Waals surface area contributed by atoms with Crippen molar-refractivity contribution in [3.05, 3.63) is 60.4 Å². The van der Waals surface area contributed by atoms with Crippen LogP contribution in [-0.4, -0.2) is 77.6 Å². The maximum atomic E-state index is 13.7. The van der Waals surface area contributed by atoms with Crippen LogP contribution in [0.4, 0.5) is 4.79 Å². The zero-order chi connectivity index (χ0) is 25.9. The number of carbonyl (C=O) groups is 2. The summed E-state index contributed by atoms with van der Waals surface area (Å²) in [4.78, 5) is 29.5. The highest BCUT2D eigenvalue weighted by Gasteiger charge is 2.30. The van der Waals surface area contributed by atoms with Crippen molar-refractivity contribution in [3.8, 4) is 28.3 Å². The lowest BCUT2D eigenvalue weighted by Gasteiger charge is -2.35. The van der Waals surface area contributed by atoms with Crippen LogP contribution >= 0.6 is 0 Å². The molecule has 0 spiro atoms. The minimum absolute atomic E-state index is 0.196. The number of nitrogens with zero attached hydrogens (tertiary/aromatic N) is 4. The topological polar surface area (TPSA) is 86.1 Å². The van der Waals surface area contributed by atoms with Crippen molar-refractivity contribution in [2.24, 2.45) is 0 Å². The molecule has 9 heteroatoms. The van der Waals surface area contributed by atoms with Crippen molar-refractivity contribution in [1.29, 1.82) is 0 Å². The number of para-hydroxylation sites is 1. The third kappa shape index (κ3) is 5.45. The number of ether oxygens (including phenoxy) is 3. The molecule has 1 aromatic heterocycles. The van der Waals surface area contributed by atoms with Crippen molar-refractivity contribution in [2.75, 3.05) is 40.4 Å². The summed E-state index contributed by atoms with van der Waals surface area (Å²) < 4.78 is 18.0. The summed E-state index contributed by atoms with van der Waals surface area (Å²) in [6, 6.07) is 15.2. The highest BCUT2D eigenvalue weighted by molar-refractivity contribution is 5.99. The van der Waals surface area contributed by atoms with Crippen LogP contribution in [0.1, 0.15) is 31.3 Å². The van der Waals surface area contributed by atoms with Crippen molar-refractivity contribution >= 4 is 12.0 Å². The molecule has 0 unspecified atom stereocenters. The molecule has 9 nitrogen and oxygen atoms in total. The van der Waals surface area contributed by atoms with Gasteiger partial charge in [-0.1, -0.05) is 24.3 Å². The number of methoxy groups -OCH3 is 2. The van der Waals surface area contributed by atoms with E-state index in [-0.39, 0.29) is 12.0 Å². The van der Waals surface area contributed by atoms with E-state index in [1.807, 2.05) is 75.5 Å². The molecule has 3 aromatic rings. The fourth-order valence-electron chi connectivity index (χ4n) is 4.03. The molecule has 2 heterocycles. The molecule has 0 aliphatic carbocycles. The molecule has 2 aromatic carbocycles. The molecule has 36 heavy (non-hydrogen) atoms. The summed E-state index contributed by atoms with van der Waals surface area (Å²) in [5.74, 6) is 0.966. The van der Waals surface area contributed by atoms with Gasteiger partial charge in [-0.2, -0.15) is 5.10 Å². The standard InChI is InChI=1S/C27H32N4O5/c1-27(2,3)36-26(33)30-15-13-29(14-16-30)25(32)24-21(18-31(28-24)20-9-7-6-8-10-20)19-11-12-22(34-4)23(17-19)35-5/h6-12,17-18H,13-16H2,1-5H3. The van der Waals surface area contributed by atoms with Gasteiger partial charge in [0.2, 0.25) is 0 Å². The molecule has 4 rings (SSSR count). The molecule has 0 N–H and O–H groups in total. The van der Waals surface area contributed by atoms with Gasteiger partial charge >= 0.3 is 6.09 Å². The van der Waals surface area contributed by atoms with Gasteiger partial charge in [0.15, 0.2) is 17.2 Å². The monoisotopic (exact) mass is 492 g/mol. The summed E-state index contributed by atoms with van der Waals surface area (Å²) in [6.45, 7) is 7.08. The van der Waals surface area contributed by atoms with Crippen LogP contribution in [0, 0.1) is 0 Å². The first-order chi connectivity index (χ1) is 17.2. The van der Waals surface area contributed by atoms with Gasteiger partial charge in [-0.05, 0) is 50.6 Å². The largest absolute Gasteiger partial charge is 0.493 e. The summed E-state index contributed by atoms with van der Waals surface area (Å²) in [6.07, 6.45) is 1.48. The Bertz CT molecular complexity index is 1220. The minimum atomic E-state index is -0.567. The summed E-state index contributed by atoms with van der Waals surface area (Å²) in [5.41, 5.74) is 2.07. The van der Waals surface area contributed by atoms with E-state index in [1.165, 1.54) is 0 Å². The molecule has 190 valence electrons. The van der Waals surface area contributed by atoms with Gasteiger partial charge in [-0.15, -0.1) is 0 Å². The zero-order valence-electron chi connectivity index (χ0n) is 21.4. The normalized spacial score (nSPS) is 13.9. The molecule has 2 amide bonds. The summed E-state index contributed by atoms with van der Waals surface area (Å²) in [5, 5.41) is 4.68. The first kappa shape index (κ1) is 25.1. The molecule has 1 saturated heterocycles. The molecule has 0 radical (unpaired) electrons. The van der Waals surface area contributed by atoms with Gasteiger partial charge < -0.3 is 24.0 Å². The number of rotatable bonds is 5. The van der Waals surface area contributed by atoms with Crippen molar-refractivity contribution in [3.63, 3.8) is 0 Å². The summed E-state index contributed by atoms with van der Waals surface area (Å²) >= 11 is 0. The number of hydrogen-bond acceptors (Lipinski definition) is 6. The maximum absolute atomic E-state index is 13.7. The Kier molecular flexibility index (Phi) is 7.19. The van der Waals surface area contributed by atoms with Gasteiger partial charge in [0.1, 0.15) is 5.60 Å². The predicted molar refractivity (Wildman–Crippen MR) is 136 cm³/mol. The quantitative estimate of drug-likeness (QED) is 0.529. The fraction of sp³-hybridized carbons (Fsp3) is 0.370. The van der Waals surface area contributed by atoms with Crippen molar-refractivity contribution in [2.45, 2.75) is 26.4 Å².